The molecule has 1 fully saturated rings. The molecule has 3 aromatic rings. The molecule has 1 saturated heterocycles. The molecule has 0 spiro atoms. The molecule has 1 aliphatic heterocycles. The van der Waals surface area contributed by atoms with Gasteiger partial charge < -0.3 is 20.4 Å². The van der Waals surface area contributed by atoms with Crippen LogP contribution in [0.3, 0.4) is 0 Å². The average Bonchev–Trinajstić information content (AvgIpc) is 2.78. The molecular formula is C21H22ClN7O. The molecule has 2 aromatic heterocycles. The van der Waals surface area contributed by atoms with Gasteiger partial charge in [0.15, 0.2) is 11.6 Å². The number of hydrogen-bond donors (Lipinski definition) is 2. The molecule has 2 amide bonds. The van der Waals surface area contributed by atoms with Crippen molar-refractivity contribution in [3.05, 3.63) is 65.3 Å². The van der Waals surface area contributed by atoms with E-state index < -0.39 is 0 Å². The summed E-state index contributed by atoms with van der Waals surface area (Å²) in [4.78, 5) is 20.7. The topological polar surface area (TPSA) is 86.3 Å². The summed E-state index contributed by atoms with van der Waals surface area (Å²) in [7, 11) is 0. The molecule has 9 heteroatoms. The molecule has 0 unspecified atom stereocenters. The van der Waals surface area contributed by atoms with Crippen LogP contribution in [0, 0.1) is 6.92 Å². The largest absolute Gasteiger partial charge is 0.352 e. The zero-order chi connectivity index (χ0) is 20.9. The quantitative estimate of drug-likeness (QED) is 0.661. The van der Waals surface area contributed by atoms with Crippen LogP contribution < -0.4 is 15.5 Å². The van der Waals surface area contributed by atoms with Gasteiger partial charge in [-0.1, -0.05) is 23.7 Å². The van der Waals surface area contributed by atoms with Crippen molar-refractivity contribution in [2.24, 2.45) is 0 Å². The maximum absolute atomic E-state index is 12.6. The first-order chi connectivity index (χ1) is 14.6. The summed E-state index contributed by atoms with van der Waals surface area (Å²) in [6, 6.07) is 14.8. The van der Waals surface area contributed by atoms with Gasteiger partial charge in [0.25, 0.3) is 0 Å². The fraction of sp³-hybridized carbons (Fsp3) is 0.238. The van der Waals surface area contributed by atoms with Crippen molar-refractivity contribution < 1.29 is 4.79 Å². The lowest BCUT2D eigenvalue weighted by atomic mass is 10.2. The molecule has 0 radical (unpaired) electrons. The van der Waals surface area contributed by atoms with Gasteiger partial charge in [-0.25, -0.2) is 9.78 Å². The number of aromatic nitrogens is 3. The van der Waals surface area contributed by atoms with Crippen LogP contribution in [0.2, 0.25) is 5.02 Å². The van der Waals surface area contributed by atoms with Crippen LogP contribution in [0.25, 0.3) is 0 Å². The fourth-order valence-electron chi connectivity index (χ4n) is 3.20. The molecule has 154 valence electrons. The van der Waals surface area contributed by atoms with Crippen molar-refractivity contribution in [2.45, 2.75) is 6.92 Å². The van der Waals surface area contributed by atoms with Gasteiger partial charge in [0, 0.05) is 32.4 Å². The first-order valence-electron chi connectivity index (χ1n) is 9.67. The monoisotopic (exact) mass is 423 g/mol. The molecule has 8 nitrogen and oxygen atoms in total. The van der Waals surface area contributed by atoms with Crippen molar-refractivity contribution in [2.75, 3.05) is 41.7 Å². The first kappa shape index (κ1) is 19.9. The molecular weight excluding hydrogens is 402 g/mol. The van der Waals surface area contributed by atoms with Gasteiger partial charge in [-0.2, -0.15) is 0 Å². The molecule has 0 bridgehead atoms. The number of pyridine rings is 1. The van der Waals surface area contributed by atoms with Crippen molar-refractivity contribution >= 4 is 40.8 Å². The second kappa shape index (κ2) is 8.96. The van der Waals surface area contributed by atoms with Gasteiger partial charge in [-0.3, -0.25) is 0 Å². The Morgan fingerprint density at radius 3 is 2.53 bits per heavy atom. The highest BCUT2D eigenvalue weighted by Gasteiger charge is 2.22. The second-order valence-corrected chi connectivity index (χ2v) is 7.41. The summed E-state index contributed by atoms with van der Waals surface area (Å²) in [6.07, 6.45) is 1.71. The summed E-state index contributed by atoms with van der Waals surface area (Å²) in [5.74, 6) is 2.13. The van der Waals surface area contributed by atoms with Crippen LogP contribution in [0.1, 0.15) is 5.56 Å². The molecule has 3 heterocycles. The number of aryl methyl sites for hydroxylation is 1. The van der Waals surface area contributed by atoms with E-state index in [4.69, 9.17) is 11.6 Å². The summed E-state index contributed by atoms with van der Waals surface area (Å²) in [5, 5.41) is 15.1. The van der Waals surface area contributed by atoms with E-state index in [2.05, 4.69) is 30.7 Å². The van der Waals surface area contributed by atoms with Gasteiger partial charge in [0.2, 0.25) is 0 Å². The van der Waals surface area contributed by atoms with Gasteiger partial charge in [0.05, 0.1) is 10.7 Å². The minimum absolute atomic E-state index is 0.150. The summed E-state index contributed by atoms with van der Waals surface area (Å²) in [5.41, 5.74) is 1.67. The Labute approximate surface area is 179 Å². The van der Waals surface area contributed by atoms with E-state index in [0.29, 0.717) is 48.5 Å². The lowest BCUT2D eigenvalue weighted by Crippen LogP contribution is -2.50. The van der Waals surface area contributed by atoms with Crippen LogP contribution in [0.4, 0.5) is 27.9 Å². The van der Waals surface area contributed by atoms with Gasteiger partial charge >= 0.3 is 6.03 Å². The van der Waals surface area contributed by atoms with E-state index in [-0.39, 0.29) is 6.03 Å². The molecule has 0 aliphatic carbocycles. The Kier molecular flexibility index (Phi) is 5.94. The van der Waals surface area contributed by atoms with E-state index in [1.54, 1.807) is 17.2 Å². The number of nitrogens with zero attached hydrogens (tertiary/aromatic N) is 5. The highest BCUT2D eigenvalue weighted by atomic mass is 35.5. The fourth-order valence-corrected chi connectivity index (χ4v) is 3.36. The number of halogens is 1. The van der Waals surface area contributed by atoms with Crippen molar-refractivity contribution in [1.29, 1.82) is 0 Å². The molecule has 1 aliphatic rings. The Hall–Kier alpha value is -3.39. The van der Waals surface area contributed by atoms with E-state index in [1.165, 1.54) is 0 Å². The van der Waals surface area contributed by atoms with Gasteiger partial charge in [-0.15, -0.1) is 10.2 Å². The molecule has 30 heavy (non-hydrogen) atoms. The number of nitrogens with one attached hydrogen (secondary N) is 2. The molecule has 0 saturated carbocycles. The van der Waals surface area contributed by atoms with E-state index in [9.17, 15) is 4.79 Å². The molecule has 4 rings (SSSR count). The number of carbonyl (C=O) groups is 1. The third-order valence-corrected chi connectivity index (χ3v) is 5.16. The molecule has 2 N–H and O–H groups in total. The Bertz CT molecular complexity index is 1010. The Balaban J connectivity index is 1.31. The average molecular weight is 424 g/mol. The second-order valence-electron chi connectivity index (χ2n) is 7.00. The summed E-state index contributed by atoms with van der Waals surface area (Å²) in [6.45, 7) is 4.49. The number of hydrogen-bond acceptors (Lipinski definition) is 6. The first-order valence-corrected chi connectivity index (χ1v) is 10.0. The van der Waals surface area contributed by atoms with E-state index in [0.717, 1.165) is 11.4 Å². The predicted octanol–water partition coefficient (Wildman–Crippen LogP) is 3.93. The SMILES string of the molecule is Cc1ccc(Cl)c(NC(=O)N2CCN(c3ccc(Nc4ccccn4)nn3)CC2)c1. The number of carbonyl (C=O) groups excluding carboxylic acids is 1. The number of piperazine rings is 1. The number of rotatable bonds is 4. The van der Waals surface area contributed by atoms with Crippen LogP contribution in [0.5, 0.6) is 0 Å². The number of benzene rings is 1. The van der Waals surface area contributed by atoms with Crippen molar-refractivity contribution in [1.82, 2.24) is 20.1 Å². The van der Waals surface area contributed by atoms with Gasteiger partial charge in [-0.05, 0) is 48.9 Å². The standard InChI is InChI=1S/C21H22ClN7O/c1-15-5-6-16(22)17(14-15)24-21(30)29-12-10-28(11-13-29)20-8-7-19(26-27-20)25-18-4-2-3-9-23-18/h2-9,14H,10-13H2,1H3,(H,24,30)(H,23,25,26). The van der Waals surface area contributed by atoms with Crippen LogP contribution >= 0.6 is 11.6 Å². The minimum Gasteiger partial charge on any atom is -0.352 e. The van der Waals surface area contributed by atoms with Crippen molar-refractivity contribution in [3.8, 4) is 0 Å². The summed E-state index contributed by atoms with van der Waals surface area (Å²) < 4.78 is 0. The lowest BCUT2D eigenvalue weighted by molar-refractivity contribution is 0.208. The van der Waals surface area contributed by atoms with E-state index in [1.807, 2.05) is 49.4 Å². The third kappa shape index (κ3) is 4.77. The Morgan fingerprint density at radius 2 is 1.83 bits per heavy atom. The zero-order valence-electron chi connectivity index (χ0n) is 16.5. The molecule has 1 aromatic carbocycles. The Morgan fingerprint density at radius 1 is 1.00 bits per heavy atom. The minimum atomic E-state index is -0.150. The zero-order valence-corrected chi connectivity index (χ0v) is 17.3. The predicted molar refractivity (Wildman–Crippen MR) is 119 cm³/mol. The van der Waals surface area contributed by atoms with Gasteiger partial charge in [0.1, 0.15) is 5.82 Å². The highest BCUT2D eigenvalue weighted by Crippen LogP contribution is 2.23. The van der Waals surface area contributed by atoms with Crippen molar-refractivity contribution in [3.63, 3.8) is 0 Å². The smallest absolute Gasteiger partial charge is 0.322 e. The lowest BCUT2D eigenvalue weighted by Gasteiger charge is -2.35. The van der Waals surface area contributed by atoms with Crippen LogP contribution in [0.15, 0.2) is 54.7 Å². The number of amides is 2. The molecule has 0 atom stereocenters. The van der Waals surface area contributed by atoms with E-state index >= 15 is 0 Å². The number of urea groups is 1. The summed E-state index contributed by atoms with van der Waals surface area (Å²) >= 11 is 6.18. The maximum Gasteiger partial charge on any atom is 0.322 e. The normalized spacial score (nSPS) is 13.8. The van der Waals surface area contributed by atoms with Crippen LogP contribution in [-0.2, 0) is 0 Å². The third-order valence-electron chi connectivity index (χ3n) is 4.83. The highest BCUT2D eigenvalue weighted by molar-refractivity contribution is 6.33. The maximum atomic E-state index is 12.6. The number of anilines is 4. The van der Waals surface area contributed by atoms with Crippen LogP contribution in [-0.4, -0.2) is 52.3 Å².